The van der Waals surface area contributed by atoms with E-state index in [4.69, 9.17) is 14.2 Å². The average molecular weight is 471 g/mol. The zero-order chi connectivity index (χ0) is 24.1. The van der Waals surface area contributed by atoms with E-state index in [2.05, 4.69) is 15.3 Å². The van der Waals surface area contributed by atoms with Gasteiger partial charge in [0, 0.05) is 28.0 Å². The molecule has 3 aromatic rings. The lowest BCUT2D eigenvalue weighted by Gasteiger charge is -2.15. The number of carbonyl (C=O) groups excluding carboxylic acids is 1. The zero-order valence-electron chi connectivity index (χ0n) is 18.7. The number of nitrogens with zero attached hydrogens (tertiary/aromatic N) is 3. The van der Waals surface area contributed by atoms with Crippen LogP contribution in [0.15, 0.2) is 46.5 Å². The second-order valence-electron chi connectivity index (χ2n) is 6.81. The van der Waals surface area contributed by atoms with Gasteiger partial charge in [-0.1, -0.05) is 0 Å². The molecule has 0 radical (unpaired) electrons. The molecule has 0 atom stereocenters. The minimum atomic E-state index is -0.695. The second-order valence-corrected chi connectivity index (χ2v) is 7.85. The van der Waals surface area contributed by atoms with Gasteiger partial charge in [0.15, 0.2) is 10.9 Å². The number of hydrogen-bond donors (Lipinski definition) is 1. The number of aromatic nitrogens is 2. The Hall–Kier alpha value is -3.86. The van der Waals surface area contributed by atoms with Crippen molar-refractivity contribution in [3.63, 3.8) is 0 Å². The van der Waals surface area contributed by atoms with Crippen LogP contribution in [0.5, 0.6) is 17.2 Å². The minimum absolute atomic E-state index is 0.0261. The fraction of sp³-hybridized carbons (Fsp3) is 0.227. The Balaban J connectivity index is 1.87. The Labute approximate surface area is 194 Å². The zero-order valence-corrected chi connectivity index (χ0v) is 19.5. The Morgan fingerprint density at radius 1 is 0.970 bits per heavy atom. The predicted octanol–water partition coefficient (Wildman–Crippen LogP) is 4.43. The van der Waals surface area contributed by atoms with Crippen LogP contribution in [-0.4, -0.2) is 42.1 Å². The number of anilines is 1. The van der Waals surface area contributed by atoms with Crippen LogP contribution < -0.4 is 19.5 Å². The maximum Gasteiger partial charge on any atom is 0.327 e. The van der Waals surface area contributed by atoms with Gasteiger partial charge in [0.1, 0.15) is 5.56 Å². The standard InChI is InChI=1S/C22H22N4O6S/c1-12-10-13(2)24-22(23-12)33-15-8-6-14(7-9-15)25-21(27)16-11-17(30-3)19(31-4)20(32-5)18(16)26(28)29/h6-11H,1-5H3,(H,25,27). The highest BCUT2D eigenvalue weighted by Crippen LogP contribution is 2.46. The van der Waals surface area contributed by atoms with E-state index in [1.54, 1.807) is 24.3 Å². The summed E-state index contributed by atoms with van der Waals surface area (Å²) in [7, 11) is 3.94. The van der Waals surface area contributed by atoms with Crippen LogP contribution in [0.4, 0.5) is 11.4 Å². The highest BCUT2D eigenvalue weighted by atomic mass is 32.2. The third-order valence-corrected chi connectivity index (χ3v) is 5.39. The van der Waals surface area contributed by atoms with Crippen LogP contribution in [0.3, 0.4) is 0 Å². The Bertz CT molecular complexity index is 1180. The van der Waals surface area contributed by atoms with E-state index >= 15 is 0 Å². The van der Waals surface area contributed by atoms with Crippen molar-refractivity contribution < 1.29 is 23.9 Å². The fourth-order valence-electron chi connectivity index (χ4n) is 3.14. The number of aryl methyl sites for hydroxylation is 2. The molecule has 3 rings (SSSR count). The number of hydrogen-bond acceptors (Lipinski definition) is 9. The van der Waals surface area contributed by atoms with Gasteiger partial charge in [0.25, 0.3) is 5.91 Å². The summed E-state index contributed by atoms with van der Waals surface area (Å²) in [5.41, 5.74) is 1.46. The van der Waals surface area contributed by atoms with Crippen molar-refractivity contribution in [2.24, 2.45) is 0 Å². The van der Waals surface area contributed by atoms with Crippen LogP contribution in [0.1, 0.15) is 21.7 Å². The van der Waals surface area contributed by atoms with E-state index in [0.29, 0.717) is 10.8 Å². The van der Waals surface area contributed by atoms with Crippen LogP contribution in [-0.2, 0) is 0 Å². The molecule has 1 N–H and O–H groups in total. The predicted molar refractivity (Wildman–Crippen MR) is 123 cm³/mol. The summed E-state index contributed by atoms with van der Waals surface area (Å²) in [4.78, 5) is 33.6. The molecule has 0 bridgehead atoms. The van der Waals surface area contributed by atoms with Crippen LogP contribution >= 0.6 is 11.8 Å². The van der Waals surface area contributed by atoms with E-state index < -0.39 is 16.5 Å². The van der Waals surface area contributed by atoms with Gasteiger partial charge in [-0.05, 0) is 55.9 Å². The molecule has 0 unspecified atom stereocenters. The normalized spacial score (nSPS) is 10.5. The van der Waals surface area contributed by atoms with E-state index in [-0.39, 0.29) is 22.8 Å². The number of nitrogens with one attached hydrogen (secondary N) is 1. The maximum atomic E-state index is 12.9. The third-order valence-electron chi connectivity index (χ3n) is 4.51. The summed E-state index contributed by atoms with van der Waals surface area (Å²) >= 11 is 1.39. The number of carbonyl (C=O) groups is 1. The molecule has 1 amide bonds. The molecular formula is C22H22N4O6S. The number of nitro benzene ring substituents is 1. The molecular weight excluding hydrogens is 448 g/mol. The molecule has 0 aliphatic rings. The van der Waals surface area contributed by atoms with Crippen molar-refractivity contribution in [2.45, 2.75) is 23.9 Å². The van der Waals surface area contributed by atoms with Crippen LogP contribution in [0.2, 0.25) is 0 Å². The molecule has 0 saturated carbocycles. The van der Waals surface area contributed by atoms with Crippen molar-refractivity contribution in [3.05, 3.63) is 63.5 Å². The molecule has 172 valence electrons. The summed E-state index contributed by atoms with van der Waals surface area (Å²) in [6.45, 7) is 3.80. The number of amides is 1. The molecule has 11 heteroatoms. The average Bonchev–Trinajstić information content (AvgIpc) is 2.77. The Kier molecular flexibility index (Phi) is 7.34. The molecule has 0 fully saturated rings. The van der Waals surface area contributed by atoms with Gasteiger partial charge in [-0.25, -0.2) is 9.97 Å². The lowest BCUT2D eigenvalue weighted by Crippen LogP contribution is -2.15. The lowest BCUT2D eigenvalue weighted by atomic mass is 10.1. The third kappa shape index (κ3) is 5.32. The van der Waals surface area contributed by atoms with Crippen molar-refractivity contribution in [1.82, 2.24) is 9.97 Å². The molecule has 33 heavy (non-hydrogen) atoms. The molecule has 1 aromatic heterocycles. The van der Waals surface area contributed by atoms with Gasteiger partial charge in [0.05, 0.1) is 26.3 Å². The first-order valence-corrected chi connectivity index (χ1v) is 10.5. The molecule has 0 saturated heterocycles. The second kappa shape index (κ2) is 10.2. The first-order chi connectivity index (χ1) is 15.8. The fourth-order valence-corrected chi connectivity index (χ4v) is 4.01. The first kappa shape index (κ1) is 23.8. The number of benzene rings is 2. The SMILES string of the molecule is COc1cc(C(=O)Nc2ccc(Sc3nc(C)cc(C)n3)cc2)c([N+](=O)[O-])c(OC)c1OC. The monoisotopic (exact) mass is 470 g/mol. The van der Waals surface area contributed by atoms with Gasteiger partial charge < -0.3 is 19.5 Å². The Morgan fingerprint density at radius 2 is 1.58 bits per heavy atom. The molecule has 0 aliphatic carbocycles. The van der Waals surface area contributed by atoms with E-state index in [9.17, 15) is 14.9 Å². The smallest absolute Gasteiger partial charge is 0.327 e. The molecule has 10 nitrogen and oxygen atoms in total. The van der Waals surface area contributed by atoms with Crippen molar-refractivity contribution in [1.29, 1.82) is 0 Å². The largest absolute Gasteiger partial charge is 0.493 e. The molecule has 1 heterocycles. The summed E-state index contributed by atoms with van der Waals surface area (Å²) < 4.78 is 15.6. The highest BCUT2D eigenvalue weighted by molar-refractivity contribution is 7.99. The van der Waals surface area contributed by atoms with Crippen LogP contribution in [0.25, 0.3) is 0 Å². The topological polar surface area (TPSA) is 126 Å². The summed E-state index contributed by atoms with van der Waals surface area (Å²) in [6, 6.07) is 10.1. The van der Waals surface area contributed by atoms with Gasteiger partial charge in [-0.3, -0.25) is 14.9 Å². The quantitative estimate of drug-likeness (QED) is 0.289. The summed E-state index contributed by atoms with van der Waals surface area (Å²) in [6.07, 6.45) is 0. The Morgan fingerprint density at radius 3 is 2.09 bits per heavy atom. The van der Waals surface area contributed by atoms with Crippen molar-refractivity contribution in [3.8, 4) is 17.2 Å². The number of rotatable bonds is 8. The van der Waals surface area contributed by atoms with Crippen molar-refractivity contribution in [2.75, 3.05) is 26.6 Å². The number of methoxy groups -OCH3 is 3. The maximum absolute atomic E-state index is 12.9. The highest BCUT2D eigenvalue weighted by Gasteiger charge is 2.32. The summed E-state index contributed by atoms with van der Waals surface area (Å²) in [5, 5.41) is 15.0. The van der Waals surface area contributed by atoms with Gasteiger partial charge in [-0.2, -0.15) is 0 Å². The molecule has 0 spiro atoms. The molecule has 0 aliphatic heterocycles. The van der Waals surface area contributed by atoms with E-state index in [1.165, 1.54) is 39.2 Å². The van der Waals surface area contributed by atoms with Crippen molar-refractivity contribution >= 4 is 29.0 Å². The van der Waals surface area contributed by atoms with Gasteiger partial charge >= 0.3 is 5.69 Å². The van der Waals surface area contributed by atoms with Gasteiger partial charge in [-0.15, -0.1) is 0 Å². The number of nitro groups is 1. The van der Waals surface area contributed by atoms with Crippen LogP contribution in [0, 0.1) is 24.0 Å². The number of ether oxygens (including phenoxy) is 3. The van der Waals surface area contributed by atoms with E-state index in [1.807, 2.05) is 19.9 Å². The minimum Gasteiger partial charge on any atom is -0.493 e. The van der Waals surface area contributed by atoms with Gasteiger partial charge in [0.2, 0.25) is 11.5 Å². The molecule has 2 aromatic carbocycles. The summed E-state index contributed by atoms with van der Waals surface area (Å²) in [5.74, 6) is -0.741. The first-order valence-electron chi connectivity index (χ1n) is 9.66. The van der Waals surface area contributed by atoms with E-state index in [0.717, 1.165) is 16.3 Å². The lowest BCUT2D eigenvalue weighted by molar-refractivity contribution is -0.386.